The van der Waals surface area contributed by atoms with E-state index in [1.807, 2.05) is 0 Å². The SMILES string of the molecule is NC(=S)C1(NC(=O)CCC(F)(F)F)CCCCCCC1. The molecule has 1 aliphatic rings. The molecule has 0 aromatic heterocycles. The number of nitrogens with one attached hydrogen (secondary N) is 1. The maximum absolute atomic E-state index is 12.1. The normalized spacial score (nSPS) is 19.8. The highest BCUT2D eigenvalue weighted by atomic mass is 32.1. The molecule has 3 nitrogen and oxygen atoms in total. The first-order valence-corrected chi connectivity index (χ1v) is 7.34. The van der Waals surface area contributed by atoms with Crippen LogP contribution in [-0.2, 0) is 4.79 Å². The fraction of sp³-hybridized carbons (Fsp3) is 0.846. The summed E-state index contributed by atoms with van der Waals surface area (Å²) in [5.74, 6) is -0.629. The number of alkyl halides is 3. The monoisotopic (exact) mass is 310 g/mol. The lowest BCUT2D eigenvalue weighted by atomic mass is 9.83. The Kier molecular flexibility index (Phi) is 6.23. The van der Waals surface area contributed by atoms with E-state index in [2.05, 4.69) is 5.32 Å². The van der Waals surface area contributed by atoms with Gasteiger partial charge in [0.2, 0.25) is 5.91 Å². The topological polar surface area (TPSA) is 55.1 Å². The Morgan fingerprint density at radius 1 is 1.15 bits per heavy atom. The van der Waals surface area contributed by atoms with Gasteiger partial charge in [-0.2, -0.15) is 13.2 Å². The van der Waals surface area contributed by atoms with Crippen LogP contribution < -0.4 is 11.1 Å². The highest BCUT2D eigenvalue weighted by Crippen LogP contribution is 2.28. The molecule has 1 rings (SSSR count). The van der Waals surface area contributed by atoms with E-state index >= 15 is 0 Å². The van der Waals surface area contributed by atoms with Crippen molar-refractivity contribution in [3.8, 4) is 0 Å². The van der Waals surface area contributed by atoms with Crippen molar-refractivity contribution < 1.29 is 18.0 Å². The zero-order chi connectivity index (χ0) is 15.2. The zero-order valence-electron chi connectivity index (χ0n) is 11.4. The molecule has 0 aromatic carbocycles. The summed E-state index contributed by atoms with van der Waals surface area (Å²) in [6, 6.07) is 0. The van der Waals surface area contributed by atoms with Crippen molar-refractivity contribution in [2.24, 2.45) is 5.73 Å². The second-order valence-electron chi connectivity index (χ2n) is 5.38. The van der Waals surface area contributed by atoms with Crippen LogP contribution in [0.5, 0.6) is 0 Å². The summed E-state index contributed by atoms with van der Waals surface area (Å²) in [4.78, 5) is 11.9. The van der Waals surface area contributed by atoms with Gasteiger partial charge < -0.3 is 11.1 Å². The summed E-state index contributed by atoms with van der Waals surface area (Å²) >= 11 is 5.05. The first-order chi connectivity index (χ1) is 9.25. The molecule has 0 spiro atoms. The Morgan fingerprint density at radius 3 is 2.10 bits per heavy atom. The number of carbonyl (C=O) groups excluding carboxylic acids is 1. The summed E-state index contributed by atoms with van der Waals surface area (Å²) in [6.45, 7) is 0. The van der Waals surface area contributed by atoms with Crippen molar-refractivity contribution in [3.63, 3.8) is 0 Å². The van der Waals surface area contributed by atoms with Crippen LogP contribution in [0.15, 0.2) is 0 Å². The van der Waals surface area contributed by atoms with Crippen LogP contribution in [0.25, 0.3) is 0 Å². The average molecular weight is 310 g/mol. The average Bonchev–Trinajstić information content (AvgIpc) is 2.29. The third kappa shape index (κ3) is 5.64. The van der Waals surface area contributed by atoms with Gasteiger partial charge in [0.05, 0.1) is 16.9 Å². The summed E-state index contributed by atoms with van der Waals surface area (Å²) in [5.41, 5.74) is 4.94. The highest BCUT2D eigenvalue weighted by molar-refractivity contribution is 7.80. The molecule has 0 saturated heterocycles. The van der Waals surface area contributed by atoms with Crippen LogP contribution in [-0.4, -0.2) is 22.6 Å². The molecule has 1 fully saturated rings. The van der Waals surface area contributed by atoms with Crippen molar-refractivity contribution in [1.29, 1.82) is 0 Å². The lowest BCUT2D eigenvalue weighted by molar-refractivity contribution is -0.144. The molecule has 1 aliphatic carbocycles. The van der Waals surface area contributed by atoms with E-state index in [0.717, 1.165) is 32.1 Å². The Balaban J connectivity index is 2.65. The maximum Gasteiger partial charge on any atom is 0.389 e. The van der Waals surface area contributed by atoms with E-state index in [1.54, 1.807) is 0 Å². The lowest BCUT2D eigenvalue weighted by Gasteiger charge is -2.35. The lowest BCUT2D eigenvalue weighted by Crippen LogP contribution is -2.57. The summed E-state index contributed by atoms with van der Waals surface area (Å²) in [7, 11) is 0. The molecular formula is C13H21F3N2OS. The fourth-order valence-corrected chi connectivity index (χ4v) is 2.78. The largest absolute Gasteiger partial charge is 0.391 e. The molecule has 0 aromatic rings. The van der Waals surface area contributed by atoms with Crippen LogP contribution in [0, 0.1) is 0 Å². The van der Waals surface area contributed by atoms with E-state index in [0.29, 0.717) is 12.8 Å². The van der Waals surface area contributed by atoms with Gasteiger partial charge in [0.25, 0.3) is 0 Å². The van der Waals surface area contributed by atoms with E-state index < -0.39 is 30.5 Å². The van der Waals surface area contributed by atoms with Crippen molar-refractivity contribution in [2.75, 3.05) is 0 Å². The second kappa shape index (κ2) is 7.24. The fourth-order valence-electron chi connectivity index (χ4n) is 2.53. The van der Waals surface area contributed by atoms with E-state index in [4.69, 9.17) is 18.0 Å². The van der Waals surface area contributed by atoms with Crippen molar-refractivity contribution in [1.82, 2.24) is 5.32 Å². The van der Waals surface area contributed by atoms with Crippen LogP contribution >= 0.6 is 12.2 Å². The standard InChI is InChI=1S/C13H21F3N2OS/c14-13(15,16)9-6-10(19)18-12(11(17)20)7-4-2-1-3-5-8-12/h1-9H2,(H2,17,20)(H,18,19). The number of nitrogens with two attached hydrogens (primary N) is 1. The van der Waals surface area contributed by atoms with Crippen LogP contribution in [0.1, 0.15) is 57.8 Å². The van der Waals surface area contributed by atoms with Crippen LogP contribution in [0.4, 0.5) is 13.2 Å². The zero-order valence-corrected chi connectivity index (χ0v) is 12.2. The van der Waals surface area contributed by atoms with Gasteiger partial charge in [0.1, 0.15) is 0 Å². The van der Waals surface area contributed by atoms with Crippen molar-refractivity contribution >= 4 is 23.1 Å². The number of hydrogen-bond donors (Lipinski definition) is 2. The second-order valence-corrected chi connectivity index (χ2v) is 5.82. The van der Waals surface area contributed by atoms with Gasteiger partial charge in [-0.05, 0) is 12.8 Å². The molecule has 20 heavy (non-hydrogen) atoms. The summed E-state index contributed by atoms with van der Waals surface area (Å²) < 4.78 is 36.4. The number of hydrogen-bond acceptors (Lipinski definition) is 2. The first kappa shape index (κ1) is 17.2. The molecule has 0 atom stereocenters. The maximum atomic E-state index is 12.1. The van der Waals surface area contributed by atoms with Gasteiger partial charge in [0.15, 0.2) is 0 Å². The van der Waals surface area contributed by atoms with Crippen LogP contribution in [0.2, 0.25) is 0 Å². The Bertz CT molecular complexity index is 350. The Labute approximate surface area is 122 Å². The summed E-state index contributed by atoms with van der Waals surface area (Å²) in [5, 5.41) is 2.67. The third-order valence-corrected chi connectivity index (χ3v) is 4.08. The van der Waals surface area contributed by atoms with Crippen molar-refractivity contribution in [2.45, 2.75) is 69.5 Å². The molecule has 0 bridgehead atoms. The van der Waals surface area contributed by atoms with Gasteiger partial charge in [-0.3, -0.25) is 4.79 Å². The highest BCUT2D eigenvalue weighted by Gasteiger charge is 2.36. The van der Waals surface area contributed by atoms with Crippen molar-refractivity contribution in [3.05, 3.63) is 0 Å². The molecule has 1 saturated carbocycles. The predicted octanol–water partition coefficient (Wildman–Crippen LogP) is 3.21. The molecule has 1 amide bonds. The van der Waals surface area contributed by atoms with E-state index in [-0.39, 0.29) is 4.99 Å². The van der Waals surface area contributed by atoms with Gasteiger partial charge >= 0.3 is 6.18 Å². The van der Waals surface area contributed by atoms with Gasteiger partial charge in [0, 0.05) is 6.42 Å². The van der Waals surface area contributed by atoms with Gasteiger partial charge in [-0.15, -0.1) is 0 Å². The number of halogens is 3. The molecule has 116 valence electrons. The van der Waals surface area contributed by atoms with E-state index in [9.17, 15) is 18.0 Å². The van der Waals surface area contributed by atoms with E-state index in [1.165, 1.54) is 0 Å². The molecule has 7 heteroatoms. The minimum absolute atomic E-state index is 0.180. The number of carbonyl (C=O) groups is 1. The predicted molar refractivity (Wildman–Crippen MR) is 75.3 cm³/mol. The molecule has 3 N–H and O–H groups in total. The molecule has 0 aliphatic heterocycles. The Morgan fingerprint density at radius 2 is 1.65 bits per heavy atom. The molecule has 0 heterocycles. The minimum atomic E-state index is -4.32. The first-order valence-electron chi connectivity index (χ1n) is 6.93. The summed E-state index contributed by atoms with van der Waals surface area (Å²) in [6.07, 6.45) is 0.143. The van der Waals surface area contributed by atoms with Gasteiger partial charge in [-0.1, -0.05) is 44.3 Å². The minimum Gasteiger partial charge on any atom is -0.391 e. The third-order valence-electron chi connectivity index (χ3n) is 3.69. The molecular weight excluding hydrogens is 289 g/mol. The quantitative estimate of drug-likeness (QED) is 0.784. The molecule has 0 radical (unpaired) electrons. The number of thiocarbonyl (C=S) groups is 1. The van der Waals surface area contributed by atoms with Gasteiger partial charge in [-0.25, -0.2) is 0 Å². The molecule has 0 unspecified atom stereocenters. The van der Waals surface area contributed by atoms with Crippen LogP contribution in [0.3, 0.4) is 0 Å². The number of rotatable bonds is 4. The Hall–Kier alpha value is -0.850. The number of amides is 1. The smallest absolute Gasteiger partial charge is 0.389 e.